The number of rotatable bonds is 7. The minimum atomic E-state index is -0.931. The van der Waals surface area contributed by atoms with Crippen LogP contribution < -0.4 is 5.32 Å². The van der Waals surface area contributed by atoms with E-state index in [0.29, 0.717) is 15.6 Å². The molecule has 1 aromatic rings. The average Bonchev–Trinajstić information content (AvgIpc) is 2.41. The van der Waals surface area contributed by atoms with Crippen LogP contribution in [-0.4, -0.2) is 42.6 Å². The van der Waals surface area contributed by atoms with E-state index >= 15 is 0 Å². The molecule has 0 aliphatic rings. The van der Waals surface area contributed by atoms with Crippen LogP contribution in [0.2, 0.25) is 10.0 Å². The lowest BCUT2D eigenvalue weighted by atomic mass is 10.1. The quantitative estimate of drug-likeness (QED) is 0.807. The first kappa shape index (κ1) is 18.2. The van der Waals surface area contributed by atoms with Crippen molar-refractivity contribution in [1.29, 1.82) is 0 Å². The lowest BCUT2D eigenvalue weighted by Gasteiger charge is -2.24. The van der Waals surface area contributed by atoms with Crippen molar-refractivity contribution < 1.29 is 9.90 Å². The summed E-state index contributed by atoms with van der Waals surface area (Å²) in [5.41, 5.74) is 0.443. The van der Waals surface area contributed by atoms with Crippen molar-refractivity contribution in [1.82, 2.24) is 10.2 Å². The van der Waals surface area contributed by atoms with Crippen LogP contribution >= 0.6 is 23.2 Å². The number of nitrogens with zero attached hydrogens (tertiary/aromatic N) is 1. The fourth-order valence-electron chi connectivity index (χ4n) is 2.14. The second-order valence-corrected chi connectivity index (χ2v) is 5.98. The zero-order valence-corrected chi connectivity index (χ0v) is 14.1. The third-order valence-electron chi connectivity index (χ3n) is 3.29. The molecule has 118 valence electrons. The van der Waals surface area contributed by atoms with Crippen LogP contribution in [0.15, 0.2) is 18.2 Å². The Morgan fingerprint density at radius 3 is 2.38 bits per heavy atom. The monoisotopic (exact) mass is 332 g/mol. The molecule has 0 heterocycles. The molecule has 0 aromatic heterocycles. The molecule has 4 nitrogen and oxygen atoms in total. The smallest absolute Gasteiger partial charge is 0.237 e. The highest BCUT2D eigenvalue weighted by molar-refractivity contribution is 6.36. The largest absolute Gasteiger partial charge is 0.386 e. The van der Waals surface area contributed by atoms with E-state index in [1.807, 2.05) is 25.9 Å². The van der Waals surface area contributed by atoms with Crippen LogP contribution in [0, 0.1) is 0 Å². The van der Waals surface area contributed by atoms with E-state index in [0.717, 1.165) is 12.8 Å². The van der Waals surface area contributed by atoms with E-state index in [9.17, 15) is 9.90 Å². The first-order valence-electron chi connectivity index (χ1n) is 6.94. The van der Waals surface area contributed by atoms with Gasteiger partial charge in [0.2, 0.25) is 5.91 Å². The Kier molecular flexibility index (Phi) is 7.46. The molecule has 0 fully saturated rings. The molecular formula is C15H22Cl2N2O2. The highest BCUT2D eigenvalue weighted by Crippen LogP contribution is 2.29. The van der Waals surface area contributed by atoms with Crippen molar-refractivity contribution in [3.05, 3.63) is 33.8 Å². The van der Waals surface area contributed by atoms with Crippen LogP contribution in [0.5, 0.6) is 0 Å². The Labute approximate surface area is 136 Å². The molecule has 0 saturated carbocycles. The van der Waals surface area contributed by atoms with E-state index in [4.69, 9.17) is 23.2 Å². The molecule has 1 rings (SSSR count). The summed E-state index contributed by atoms with van der Waals surface area (Å²) < 4.78 is 0. The topological polar surface area (TPSA) is 52.6 Å². The normalized spacial score (nSPS) is 14.0. The molecular weight excluding hydrogens is 311 g/mol. The van der Waals surface area contributed by atoms with Gasteiger partial charge in [-0.2, -0.15) is 0 Å². The van der Waals surface area contributed by atoms with Gasteiger partial charge in [0.15, 0.2) is 0 Å². The van der Waals surface area contributed by atoms with Crippen LogP contribution in [0.3, 0.4) is 0 Å². The van der Waals surface area contributed by atoms with Crippen LogP contribution in [0.1, 0.15) is 31.4 Å². The maximum absolute atomic E-state index is 12.2. The van der Waals surface area contributed by atoms with Gasteiger partial charge in [0.05, 0.1) is 12.1 Å². The standard InChI is InChI=1S/C15H22Cl2N2O2/c1-4-6-12(19(2)3)15(21)18-9-13(20)14-10(16)7-5-8-11(14)17/h5,7-8,12-13,20H,4,6,9H2,1-3H3,(H,18,21). The van der Waals surface area contributed by atoms with Crippen LogP contribution in [0.4, 0.5) is 0 Å². The first-order valence-corrected chi connectivity index (χ1v) is 7.70. The number of benzene rings is 1. The van der Waals surface area contributed by atoms with Gasteiger partial charge in [0, 0.05) is 22.2 Å². The van der Waals surface area contributed by atoms with Gasteiger partial charge in [-0.15, -0.1) is 0 Å². The number of aliphatic hydroxyl groups is 1. The number of halogens is 2. The van der Waals surface area contributed by atoms with E-state index in [1.54, 1.807) is 18.2 Å². The number of hydrogen-bond donors (Lipinski definition) is 2. The third kappa shape index (κ3) is 5.15. The Bertz CT molecular complexity index is 460. The summed E-state index contributed by atoms with van der Waals surface area (Å²) in [5.74, 6) is -0.107. The average molecular weight is 333 g/mol. The molecule has 0 bridgehead atoms. The molecule has 0 aliphatic carbocycles. The van der Waals surface area contributed by atoms with Gasteiger partial charge < -0.3 is 10.4 Å². The molecule has 0 aliphatic heterocycles. The molecule has 2 atom stereocenters. The third-order valence-corrected chi connectivity index (χ3v) is 3.95. The summed E-state index contributed by atoms with van der Waals surface area (Å²) in [6.07, 6.45) is 0.747. The summed E-state index contributed by atoms with van der Waals surface area (Å²) in [6, 6.07) is 4.83. The molecule has 0 saturated heterocycles. The minimum absolute atomic E-state index is 0.0797. The molecule has 2 N–H and O–H groups in total. The summed E-state index contributed by atoms with van der Waals surface area (Å²) in [7, 11) is 3.72. The van der Waals surface area contributed by atoms with E-state index in [-0.39, 0.29) is 18.5 Å². The zero-order valence-electron chi connectivity index (χ0n) is 12.6. The van der Waals surface area contributed by atoms with Crippen LogP contribution in [0.25, 0.3) is 0 Å². The lowest BCUT2D eigenvalue weighted by Crippen LogP contribution is -2.44. The summed E-state index contributed by atoms with van der Waals surface area (Å²) in [4.78, 5) is 14.0. The van der Waals surface area contributed by atoms with Gasteiger partial charge in [0.25, 0.3) is 0 Å². The Hall–Kier alpha value is -0.810. The van der Waals surface area contributed by atoms with Crippen molar-refractivity contribution in [2.45, 2.75) is 31.9 Å². The van der Waals surface area contributed by atoms with Gasteiger partial charge in [-0.1, -0.05) is 42.6 Å². The van der Waals surface area contributed by atoms with Gasteiger partial charge >= 0.3 is 0 Å². The van der Waals surface area contributed by atoms with Gasteiger partial charge in [-0.05, 0) is 32.6 Å². The lowest BCUT2D eigenvalue weighted by molar-refractivity contribution is -0.126. The Morgan fingerprint density at radius 1 is 1.33 bits per heavy atom. The molecule has 21 heavy (non-hydrogen) atoms. The number of hydrogen-bond acceptors (Lipinski definition) is 3. The summed E-state index contributed by atoms with van der Waals surface area (Å²) >= 11 is 12.1. The van der Waals surface area contributed by atoms with Crippen LogP contribution in [-0.2, 0) is 4.79 Å². The fraction of sp³-hybridized carbons (Fsp3) is 0.533. The summed E-state index contributed by atoms with van der Waals surface area (Å²) in [5, 5.41) is 13.7. The number of nitrogens with one attached hydrogen (secondary N) is 1. The van der Waals surface area contributed by atoms with E-state index < -0.39 is 6.10 Å². The molecule has 2 unspecified atom stereocenters. The van der Waals surface area contributed by atoms with Gasteiger partial charge in [0.1, 0.15) is 0 Å². The number of carbonyl (C=O) groups excluding carboxylic acids is 1. The van der Waals surface area contributed by atoms with Crippen molar-refractivity contribution in [2.24, 2.45) is 0 Å². The fourth-order valence-corrected chi connectivity index (χ4v) is 2.79. The molecule has 1 amide bonds. The second kappa shape index (κ2) is 8.59. The predicted molar refractivity (Wildman–Crippen MR) is 86.8 cm³/mol. The second-order valence-electron chi connectivity index (χ2n) is 5.16. The Morgan fingerprint density at radius 2 is 1.90 bits per heavy atom. The van der Waals surface area contributed by atoms with Gasteiger partial charge in [-0.3, -0.25) is 9.69 Å². The highest BCUT2D eigenvalue weighted by Gasteiger charge is 2.22. The maximum atomic E-state index is 12.2. The molecule has 0 radical (unpaired) electrons. The van der Waals surface area contributed by atoms with Crippen molar-refractivity contribution in [3.8, 4) is 0 Å². The number of amides is 1. The Balaban J connectivity index is 2.68. The van der Waals surface area contributed by atoms with Crippen molar-refractivity contribution in [2.75, 3.05) is 20.6 Å². The number of aliphatic hydroxyl groups excluding tert-OH is 1. The number of carbonyl (C=O) groups is 1. The zero-order chi connectivity index (χ0) is 16.0. The highest BCUT2D eigenvalue weighted by atomic mass is 35.5. The first-order chi connectivity index (χ1) is 9.88. The molecule has 1 aromatic carbocycles. The van der Waals surface area contributed by atoms with Crippen molar-refractivity contribution >= 4 is 29.1 Å². The predicted octanol–water partition coefficient (Wildman–Crippen LogP) is 2.87. The molecule has 0 spiro atoms. The SMILES string of the molecule is CCCC(C(=O)NCC(O)c1c(Cl)cccc1Cl)N(C)C. The van der Waals surface area contributed by atoms with Gasteiger partial charge in [-0.25, -0.2) is 0 Å². The number of likely N-dealkylation sites (N-methyl/N-ethyl adjacent to an activating group) is 1. The molecule has 6 heteroatoms. The maximum Gasteiger partial charge on any atom is 0.237 e. The van der Waals surface area contributed by atoms with E-state index in [2.05, 4.69) is 5.32 Å². The summed E-state index contributed by atoms with van der Waals surface area (Å²) in [6.45, 7) is 2.11. The van der Waals surface area contributed by atoms with E-state index in [1.165, 1.54) is 0 Å². The minimum Gasteiger partial charge on any atom is -0.386 e. The van der Waals surface area contributed by atoms with Crippen molar-refractivity contribution in [3.63, 3.8) is 0 Å².